The number of piperidine rings is 1. The molecule has 0 saturated carbocycles. The Bertz CT molecular complexity index is 490. The zero-order valence-corrected chi connectivity index (χ0v) is 12.0. The first-order valence-electron chi connectivity index (χ1n) is 7.06. The summed E-state index contributed by atoms with van der Waals surface area (Å²) in [4.78, 5) is 13.7. The molecule has 2 unspecified atom stereocenters. The highest BCUT2D eigenvalue weighted by Gasteiger charge is 2.25. The minimum absolute atomic E-state index is 0.0836. The Morgan fingerprint density at radius 3 is 2.67 bits per heavy atom. The van der Waals surface area contributed by atoms with E-state index in [0.717, 1.165) is 19.0 Å². The lowest BCUT2D eigenvalue weighted by atomic mass is 9.96. The Kier molecular flexibility index (Phi) is 5.25. The number of hydrogen-bond acceptors (Lipinski definition) is 3. The predicted octanol–water partition coefficient (Wildman–Crippen LogP) is 1.28. The van der Waals surface area contributed by atoms with Crippen molar-refractivity contribution in [1.29, 1.82) is 0 Å². The SMILES string of the molecule is CC1CCN(CC(=O)NCc2cc(F)cc(F)c2)CC1O. The minimum Gasteiger partial charge on any atom is -0.392 e. The first kappa shape index (κ1) is 15.9. The van der Waals surface area contributed by atoms with Crippen LogP contribution >= 0.6 is 0 Å². The van der Waals surface area contributed by atoms with Gasteiger partial charge in [-0.25, -0.2) is 8.78 Å². The first-order valence-corrected chi connectivity index (χ1v) is 7.06. The van der Waals surface area contributed by atoms with Crippen molar-refractivity contribution in [2.24, 2.45) is 5.92 Å². The Balaban J connectivity index is 1.79. The van der Waals surface area contributed by atoms with Gasteiger partial charge in [-0.15, -0.1) is 0 Å². The molecule has 21 heavy (non-hydrogen) atoms. The van der Waals surface area contributed by atoms with Crippen LogP contribution in [0.5, 0.6) is 0 Å². The van der Waals surface area contributed by atoms with Gasteiger partial charge < -0.3 is 10.4 Å². The number of β-amino-alcohol motifs (C(OH)–C–C–N with tert-alkyl or cyclic N) is 1. The lowest BCUT2D eigenvalue weighted by molar-refractivity contribution is -0.123. The van der Waals surface area contributed by atoms with Gasteiger partial charge in [-0.3, -0.25) is 9.69 Å². The van der Waals surface area contributed by atoms with Gasteiger partial charge in [0, 0.05) is 19.2 Å². The molecule has 1 aliphatic heterocycles. The molecule has 0 bridgehead atoms. The molecule has 1 aromatic carbocycles. The molecule has 1 amide bonds. The fourth-order valence-corrected chi connectivity index (χ4v) is 2.43. The molecule has 1 aromatic rings. The van der Waals surface area contributed by atoms with E-state index in [1.165, 1.54) is 12.1 Å². The van der Waals surface area contributed by atoms with Crippen molar-refractivity contribution >= 4 is 5.91 Å². The Morgan fingerprint density at radius 1 is 1.38 bits per heavy atom. The zero-order valence-electron chi connectivity index (χ0n) is 12.0. The Labute approximate surface area is 122 Å². The standard InChI is InChI=1S/C15H20F2N2O2/c1-10-2-3-19(8-14(10)20)9-15(21)18-7-11-4-12(16)6-13(17)5-11/h4-6,10,14,20H,2-3,7-9H2,1H3,(H,18,21). The van der Waals surface area contributed by atoms with Crippen molar-refractivity contribution in [3.8, 4) is 0 Å². The van der Waals surface area contributed by atoms with Crippen LogP contribution in [0, 0.1) is 17.6 Å². The quantitative estimate of drug-likeness (QED) is 0.880. The Hall–Kier alpha value is -1.53. The van der Waals surface area contributed by atoms with Crippen LogP contribution in [0.25, 0.3) is 0 Å². The highest BCUT2D eigenvalue weighted by Crippen LogP contribution is 2.16. The number of nitrogens with one attached hydrogen (secondary N) is 1. The van der Waals surface area contributed by atoms with Crippen LogP contribution in [-0.2, 0) is 11.3 Å². The van der Waals surface area contributed by atoms with Crippen LogP contribution in [0.2, 0.25) is 0 Å². The van der Waals surface area contributed by atoms with Crippen molar-refractivity contribution in [3.63, 3.8) is 0 Å². The average Bonchev–Trinajstić information content (AvgIpc) is 2.40. The molecule has 0 aromatic heterocycles. The summed E-state index contributed by atoms with van der Waals surface area (Å²) in [7, 11) is 0. The number of rotatable bonds is 4. The Morgan fingerprint density at radius 2 is 2.05 bits per heavy atom. The van der Waals surface area contributed by atoms with Gasteiger partial charge in [0.15, 0.2) is 0 Å². The molecule has 116 valence electrons. The number of aliphatic hydroxyl groups is 1. The van der Waals surface area contributed by atoms with Gasteiger partial charge >= 0.3 is 0 Å². The lowest BCUT2D eigenvalue weighted by Crippen LogP contribution is -2.46. The van der Waals surface area contributed by atoms with Gasteiger partial charge in [-0.05, 0) is 36.6 Å². The summed E-state index contributed by atoms with van der Waals surface area (Å²) in [5.74, 6) is -1.29. The predicted molar refractivity (Wildman–Crippen MR) is 74.4 cm³/mol. The monoisotopic (exact) mass is 298 g/mol. The first-order chi connectivity index (χ1) is 9.94. The van der Waals surface area contributed by atoms with E-state index in [0.29, 0.717) is 12.1 Å². The number of carbonyl (C=O) groups is 1. The number of nitrogens with zero attached hydrogens (tertiary/aromatic N) is 1. The van der Waals surface area contributed by atoms with Gasteiger partial charge in [0.1, 0.15) is 11.6 Å². The molecule has 2 rings (SSSR count). The second-order valence-electron chi connectivity index (χ2n) is 5.62. The second kappa shape index (κ2) is 6.95. The third-order valence-corrected chi connectivity index (χ3v) is 3.78. The molecule has 1 saturated heterocycles. The summed E-state index contributed by atoms with van der Waals surface area (Å²) >= 11 is 0. The fourth-order valence-electron chi connectivity index (χ4n) is 2.43. The summed E-state index contributed by atoms with van der Waals surface area (Å²) in [6.07, 6.45) is 0.438. The highest BCUT2D eigenvalue weighted by atomic mass is 19.1. The van der Waals surface area contributed by atoms with Gasteiger partial charge in [0.25, 0.3) is 0 Å². The van der Waals surface area contributed by atoms with Gasteiger partial charge in [0.2, 0.25) is 5.91 Å². The molecule has 6 heteroatoms. The van der Waals surface area contributed by atoms with E-state index in [9.17, 15) is 18.7 Å². The molecule has 1 fully saturated rings. The molecule has 2 atom stereocenters. The van der Waals surface area contributed by atoms with Gasteiger partial charge in [0.05, 0.1) is 12.6 Å². The second-order valence-corrected chi connectivity index (χ2v) is 5.62. The van der Waals surface area contributed by atoms with E-state index in [-0.39, 0.29) is 24.9 Å². The number of halogens is 2. The zero-order chi connectivity index (χ0) is 15.4. The number of amides is 1. The van der Waals surface area contributed by atoms with Gasteiger partial charge in [-0.1, -0.05) is 6.92 Å². The number of carbonyl (C=O) groups excluding carboxylic acids is 1. The lowest BCUT2D eigenvalue weighted by Gasteiger charge is -2.33. The third-order valence-electron chi connectivity index (χ3n) is 3.78. The summed E-state index contributed by atoms with van der Waals surface area (Å²) in [5, 5.41) is 12.4. The van der Waals surface area contributed by atoms with Crippen LogP contribution in [0.4, 0.5) is 8.78 Å². The number of likely N-dealkylation sites (tertiary alicyclic amines) is 1. The van der Waals surface area contributed by atoms with Crippen molar-refractivity contribution in [3.05, 3.63) is 35.4 Å². The van der Waals surface area contributed by atoms with Crippen molar-refractivity contribution in [2.75, 3.05) is 19.6 Å². The van der Waals surface area contributed by atoms with Crippen molar-refractivity contribution in [1.82, 2.24) is 10.2 Å². The van der Waals surface area contributed by atoms with Crippen LogP contribution in [-0.4, -0.2) is 41.7 Å². The maximum Gasteiger partial charge on any atom is 0.234 e. The van der Waals surface area contributed by atoms with E-state index in [2.05, 4.69) is 5.32 Å². The van der Waals surface area contributed by atoms with Gasteiger partial charge in [-0.2, -0.15) is 0 Å². The molecule has 1 heterocycles. The molecule has 4 nitrogen and oxygen atoms in total. The van der Waals surface area contributed by atoms with E-state index >= 15 is 0 Å². The smallest absolute Gasteiger partial charge is 0.234 e. The molecular weight excluding hydrogens is 278 g/mol. The summed E-state index contributed by atoms with van der Waals surface area (Å²) in [6, 6.07) is 3.17. The number of benzene rings is 1. The van der Waals surface area contributed by atoms with Crippen LogP contribution < -0.4 is 5.32 Å². The molecular formula is C15H20F2N2O2. The van der Waals surface area contributed by atoms with E-state index in [1.54, 1.807) is 0 Å². The molecule has 2 N–H and O–H groups in total. The van der Waals surface area contributed by atoms with E-state index < -0.39 is 17.7 Å². The van der Waals surface area contributed by atoms with Crippen LogP contribution in [0.1, 0.15) is 18.9 Å². The van der Waals surface area contributed by atoms with Crippen molar-refractivity contribution < 1.29 is 18.7 Å². The van der Waals surface area contributed by atoms with Crippen molar-refractivity contribution in [2.45, 2.75) is 26.0 Å². The largest absolute Gasteiger partial charge is 0.392 e. The molecule has 1 aliphatic rings. The molecule has 0 spiro atoms. The normalized spacial score (nSPS) is 23.0. The molecule has 0 aliphatic carbocycles. The number of aliphatic hydroxyl groups excluding tert-OH is 1. The molecule has 0 radical (unpaired) electrons. The number of hydrogen-bond donors (Lipinski definition) is 2. The summed E-state index contributed by atoms with van der Waals surface area (Å²) < 4.78 is 26.0. The van der Waals surface area contributed by atoms with Crippen LogP contribution in [0.3, 0.4) is 0 Å². The topological polar surface area (TPSA) is 52.6 Å². The maximum absolute atomic E-state index is 13.0. The third kappa shape index (κ3) is 4.75. The minimum atomic E-state index is -0.660. The fraction of sp³-hybridized carbons (Fsp3) is 0.533. The highest BCUT2D eigenvalue weighted by molar-refractivity contribution is 5.78. The average molecular weight is 298 g/mol. The van der Waals surface area contributed by atoms with E-state index in [1.807, 2.05) is 11.8 Å². The van der Waals surface area contributed by atoms with Crippen LogP contribution in [0.15, 0.2) is 18.2 Å². The van der Waals surface area contributed by atoms with E-state index in [4.69, 9.17) is 0 Å². The summed E-state index contributed by atoms with van der Waals surface area (Å²) in [6.45, 7) is 3.49. The maximum atomic E-state index is 13.0. The summed E-state index contributed by atoms with van der Waals surface area (Å²) in [5.41, 5.74) is 0.383.